The van der Waals surface area contributed by atoms with Crippen molar-refractivity contribution in [3.05, 3.63) is 83.2 Å². The fourth-order valence-corrected chi connectivity index (χ4v) is 5.38. The average Bonchev–Trinajstić information content (AvgIpc) is 3.76. The minimum Gasteiger partial charge on any atom is -0.489 e. The maximum Gasteiger partial charge on any atom is 0.411 e. The number of nitrogens with zero attached hydrogens (tertiary/aromatic N) is 3. The van der Waals surface area contributed by atoms with E-state index in [0.717, 1.165) is 18.4 Å². The normalized spacial score (nSPS) is 17.6. The third-order valence-electron chi connectivity index (χ3n) is 8.14. The first-order valence-corrected chi connectivity index (χ1v) is 16.0. The maximum absolute atomic E-state index is 13.5. The summed E-state index contributed by atoms with van der Waals surface area (Å²) in [6, 6.07) is 16.1. The molecule has 2 amide bonds. The van der Waals surface area contributed by atoms with Gasteiger partial charge in [-0.15, -0.1) is 0 Å². The van der Waals surface area contributed by atoms with Crippen LogP contribution in [-0.2, 0) is 20.9 Å². The number of alkyl halides is 2. The molecule has 2 aliphatic rings. The summed E-state index contributed by atoms with van der Waals surface area (Å²) in [5.74, 6) is -0.860. The van der Waals surface area contributed by atoms with E-state index in [0.29, 0.717) is 29.5 Å². The number of pyridine rings is 1. The van der Waals surface area contributed by atoms with Crippen molar-refractivity contribution in [2.75, 3.05) is 25.1 Å². The van der Waals surface area contributed by atoms with Gasteiger partial charge in [0.2, 0.25) is 0 Å². The Morgan fingerprint density at radius 1 is 1.02 bits per heavy atom. The molecule has 48 heavy (non-hydrogen) atoms. The van der Waals surface area contributed by atoms with E-state index in [-0.39, 0.29) is 48.6 Å². The number of anilines is 1. The van der Waals surface area contributed by atoms with E-state index in [1.54, 1.807) is 58.2 Å². The van der Waals surface area contributed by atoms with E-state index in [4.69, 9.17) is 14.2 Å². The van der Waals surface area contributed by atoms with Crippen molar-refractivity contribution >= 4 is 23.7 Å². The second kappa shape index (κ2) is 14.6. The summed E-state index contributed by atoms with van der Waals surface area (Å²) in [7, 11) is 1.66. The summed E-state index contributed by atoms with van der Waals surface area (Å²) in [5.41, 5.74) is 2.20. The molecule has 1 saturated carbocycles. The highest BCUT2D eigenvalue weighted by Crippen LogP contribution is 2.39. The standard InChI is InChI=1S/C36H41F2N3O7/c1-22-9-14-27(15-10-22)40(5)32(42)28-8-6-7-26(39-28)21-46-33(43)29-17-25(19-41(29)35(44)48-36(2,3)4)24-13-16-30(47-34(37)38)31(18-24)45-20-23-11-12-23/h6-10,13-16,18,23,25,29,34H,11-12,17,19-21H2,1-5H3/t25?,29-/m1/s1. The number of carbonyl (C=O) groups excluding carboxylic acids is 3. The van der Waals surface area contributed by atoms with Crippen molar-refractivity contribution in [2.45, 2.75) is 77.7 Å². The quantitative estimate of drug-likeness (QED) is 0.204. The van der Waals surface area contributed by atoms with Crippen LogP contribution in [0.4, 0.5) is 19.3 Å². The predicted octanol–water partition coefficient (Wildman–Crippen LogP) is 6.89. The van der Waals surface area contributed by atoms with Gasteiger partial charge in [0, 0.05) is 25.2 Å². The molecule has 12 heteroatoms. The number of hydrogen-bond acceptors (Lipinski definition) is 8. The van der Waals surface area contributed by atoms with Crippen LogP contribution in [0, 0.1) is 12.8 Å². The van der Waals surface area contributed by atoms with Gasteiger partial charge in [0.05, 0.1) is 12.3 Å². The molecule has 1 aliphatic carbocycles. The molecule has 0 N–H and O–H groups in total. The van der Waals surface area contributed by atoms with E-state index >= 15 is 0 Å². The predicted molar refractivity (Wildman–Crippen MR) is 173 cm³/mol. The van der Waals surface area contributed by atoms with Crippen LogP contribution in [0.3, 0.4) is 0 Å². The number of aryl methyl sites for hydroxylation is 1. The minimum atomic E-state index is -3.02. The lowest BCUT2D eigenvalue weighted by Crippen LogP contribution is -2.44. The molecule has 3 aromatic rings. The van der Waals surface area contributed by atoms with Crippen LogP contribution in [-0.4, -0.2) is 66.3 Å². The largest absolute Gasteiger partial charge is 0.489 e. The van der Waals surface area contributed by atoms with Crippen LogP contribution in [0.25, 0.3) is 0 Å². The fourth-order valence-electron chi connectivity index (χ4n) is 5.38. The molecule has 5 rings (SSSR count). The van der Waals surface area contributed by atoms with Gasteiger partial charge in [0.25, 0.3) is 5.91 Å². The number of esters is 1. The summed E-state index contributed by atoms with van der Waals surface area (Å²) in [6.07, 6.45) is 1.55. The molecule has 2 heterocycles. The third-order valence-corrected chi connectivity index (χ3v) is 8.14. The van der Waals surface area contributed by atoms with E-state index in [9.17, 15) is 23.2 Å². The van der Waals surface area contributed by atoms with Gasteiger partial charge in [-0.2, -0.15) is 8.78 Å². The number of aromatic nitrogens is 1. The Hall–Kier alpha value is -4.74. The van der Waals surface area contributed by atoms with Crippen LogP contribution in [0.1, 0.15) is 73.3 Å². The molecular weight excluding hydrogens is 624 g/mol. The third kappa shape index (κ3) is 8.99. The van der Waals surface area contributed by atoms with Gasteiger partial charge in [-0.1, -0.05) is 29.8 Å². The Morgan fingerprint density at radius 3 is 2.42 bits per heavy atom. The van der Waals surface area contributed by atoms with E-state index in [2.05, 4.69) is 9.72 Å². The summed E-state index contributed by atoms with van der Waals surface area (Å²) in [4.78, 5) is 47.2. The molecule has 2 aromatic carbocycles. The molecule has 1 unspecified atom stereocenters. The van der Waals surface area contributed by atoms with Gasteiger partial charge in [-0.25, -0.2) is 14.6 Å². The number of benzene rings is 2. The summed E-state index contributed by atoms with van der Waals surface area (Å²) >= 11 is 0. The summed E-state index contributed by atoms with van der Waals surface area (Å²) in [5, 5.41) is 0. The number of carbonyl (C=O) groups is 3. The first-order valence-electron chi connectivity index (χ1n) is 16.0. The topological polar surface area (TPSA) is 108 Å². The molecule has 2 fully saturated rings. The van der Waals surface area contributed by atoms with Gasteiger partial charge in [0.15, 0.2) is 11.5 Å². The lowest BCUT2D eigenvalue weighted by atomic mass is 9.96. The van der Waals surface area contributed by atoms with Gasteiger partial charge >= 0.3 is 18.7 Å². The zero-order valence-electron chi connectivity index (χ0n) is 27.8. The second-order valence-corrected chi connectivity index (χ2v) is 13.2. The number of amides is 2. The SMILES string of the molecule is Cc1ccc(N(C)C(=O)c2cccc(COC(=O)[C@H]3CC(c4ccc(OC(F)F)c(OCC5CC5)c4)CN3C(=O)OC(C)(C)C)n2)cc1. The number of halogens is 2. The van der Waals surface area contributed by atoms with Crippen molar-refractivity contribution in [3.8, 4) is 11.5 Å². The van der Waals surface area contributed by atoms with Crippen molar-refractivity contribution < 1.29 is 42.1 Å². The Balaban J connectivity index is 1.30. The summed E-state index contributed by atoms with van der Waals surface area (Å²) < 4.78 is 48.0. The van der Waals surface area contributed by atoms with Gasteiger partial charge in [0.1, 0.15) is 23.9 Å². The maximum atomic E-state index is 13.5. The number of rotatable bonds is 11. The number of likely N-dealkylation sites (tertiary alicyclic amines) is 1. The lowest BCUT2D eigenvalue weighted by Gasteiger charge is -2.27. The number of hydrogen-bond donors (Lipinski definition) is 0. The molecule has 0 bridgehead atoms. The molecule has 256 valence electrons. The Kier molecular flexibility index (Phi) is 10.5. The molecule has 0 spiro atoms. The van der Waals surface area contributed by atoms with Crippen LogP contribution in [0.2, 0.25) is 0 Å². The highest BCUT2D eigenvalue weighted by Gasteiger charge is 2.43. The molecule has 10 nitrogen and oxygen atoms in total. The highest BCUT2D eigenvalue weighted by atomic mass is 19.3. The zero-order valence-corrected chi connectivity index (χ0v) is 27.8. The monoisotopic (exact) mass is 665 g/mol. The Labute approximate surface area is 278 Å². The van der Waals surface area contributed by atoms with Crippen molar-refractivity contribution in [1.29, 1.82) is 0 Å². The lowest BCUT2D eigenvalue weighted by molar-refractivity contribution is -0.150. The van der Waals surface area contributed by atoms with Crippen molar-refractivity contribution in [2.24, 2.45) is 5.92 Å². The van der Waals surface area contributed by atoms with Gasteiger partial charge < -0.3 is 23.8 Å². The summed E-state index contributed by atoms with van der Waals surface area (Å²) in [6.45, 7) is 4.41. The zero-order chi connectivity index (χ0) is 34.6. The molecule has 1 aromatic heterocycles. The van der Waals surface area contributed by atoms with E-state index in [1.165, 1.54) is 15.9 Å². The van der Waals surface area contributed by atoms with Crippen molar-refractivity contribution in [3.63, 3.8) is 0 Å². The van der Waals surface area contributed by atoms with Crippen LogP contribution < -0.4 is 14.4 Å². The van der Waals surface area contributed by atoms with Crippen LogP contribution in [0.15, 0.2) is 60.7 Å². The van der Waals surface area contributed by atoms with Gasteiger partial charge in [-0.05, 0) is 94.8 Å². The molecule has 1 saturated heterocycles. The van der Waals surface area contributed by atoms with E-state index in [1.807, 2.05) is 31.2 Å². The Bertz CT molecular complexity index is 1620. The van der Waals surface area contributed by atoms with E-state index < -0.39 is 30.3 Å². The number of ether oxygens (including phenoxy) is 4. The molecule has 1 aliphatic heterocycles. The van der Waals surface area contributed by atoms with Crippen LogP contribution >= 0.6 is 0 Å². The molecule has 2 atom stereocenters. The first-order chi connectivity index (χ1) is 22.8. The molecular formula is C36H41F2N3O7. The first kappa shape index (κ1) is 34.6. The highest BCUT2D eigenvalue weighted by molar-refractivity contribution is 6.04. The van der Waals surface area contributed by atoms with Crippen molar-refractivity contribution in [1.82, 2.24) is 9.88 Å². The Morgan fingerprint density at radius 2 is 1.75 bits per heavy atom. The minimum absolute atomic E-state index is 0.0781. The smallest absolute Gasteiger partial charge is 0.411 e. The average molecular weight is 666 g/mol. The molecule has 0 radical (unpaired) electrons. The van der Waals surface area contributed by atoms with Crippen LogP contribution in [0.5, 0.6) is 11.5 Å². The second-order valence-electron chi connectivity index (χ2n) is 13.2. The van der Waals surface area contributed by atoms with Gasteiger partial charge in [-0.3, -0.25) is 9.69 Å². The fraction of sp³-hybridized carbons (Fsp3) is 0.444.